The fourth-order valence-electron chi connectivity index (χ4n) is 3.37. The van der Waals surface area contributed by atoms with Crippen molar-refractivity contribution in [3.63, 3.8) is 0 Å². The number of nitrogens with zero attached hydrogens (tertiary/aromatic N) is 1. The zero-order valence-corrected chi connectivity index (χ0v) is 21.3. The molecule has 0 bridgehead atoms. The van der Waals surface area contributed by atoms with Gasteiger partial charge in [0.25, 0.3) is 10.0 Å². The molecule has 0 aliphatic carbocycles. The van der Waals surface area contributed by atoms with Crippen LogP contribution in [0.1, 0.15) is 5.56 Å². The molecule has 0 aromatic heterocycles. The van der Waals surface area contributed by atoms with E-state index in [0.29, 0.717) is 16.4 Å². The highest BCUT2D eigenvalue weighted by atomic mass is 35.5. The topological polar surface area (TPSA) is 66.5 Å². The lowest BCUT2D eigenvalue weighted by Gasteiger charge is -2.25. The number of aryl methyl sites for hydroxylation is 1. The maximum Gasteiger partial charge on any atom is 0.264 e. The summed E-state index contributed by atoms with van der Waals surface area (Å²) in [5, 5.41) is 3.30. The Labute approximate surface area is 214 Å². The molecule has 1 amide bonds. The number of carbonyl (C=O) groups is 1. The van der Waals surface area contributed by atoms with Crippen LogP contribution in [0.4, 0.5) is 11.4 Å². The molecule has 178 valence electrons. The highest BCUT2D eigenvalue weighted by Gasteiger charge is 2.27. The maximum absolute atomic E-state index is 13.5. The van der Waals surface area contributed by atoms with E-state index in [1.54, 1.807) is 42.5 Å². The van der Waals surface area contributed by atoms with Gasteiger partial charge in [-0.3, -0.25) is 9.10 Å². The highest BCUT2D eigenvalue weighted by molar-refractivity contribution is 7.99. The fourth-order valence-corrected chi connectivity index (χ4v) is 5.90. The summed E-state index contributed by atoms with van der Waals surface area (Å²) in [6, 6.07) is 30.2. The van der Waals surface area contributed by atoms with Crippen LogP contribution in [0.25, 0.3) is 0 Å². The molecule has 0 aliphatic heterocycles. The number of benzene rings is 4. The molecular weight excluding hydrogens is 500 g/mol. The summed E-state index contributed by atoms with van der Waals surface area (Å²) in [5.41, 5.74) is 1.72. The summed E-state index contributed by atoms with van der Waals surface area (Å²) in [5.74, 6) is -0.470. The van der Waals surface area contributed by atoms with Gasteiger partial charge in [-0.05, 0) is 61.0 Å². The van der Waals surface area contributed by atoms with Crippen molar-refractivity contribution in [2.24, 2.45) is 0 Å². The minimum Gasteiger partial charge on any atom is -0.323 e. The van der Waals surface area contributed by atoms with Crippen molar-refractivity contribution in [3.8, 4) is 0 Å². The van der Waals surface area contributed by atoms with Gasteiger partial charge in [0, 0.05) is 14.8 Å². The normalized spacial score (nSPS) is 11.1. The molecule has 0 heterocycles. The number of nitrogens with one attached hydrogen (secondary N) is 1. The summed E-state index contributed by atoms with van der Waals surface area (Å²) in [7, 11) is -4.02. The molecule has 4 aromatic carbocycles. The van der Waals surface area contributed by atoms with E-state index in [-0.39, 0.29) is 4.90 Å². The van der Waals surface area contributed by atoms with E-state index in [1.807, 2.05) is 55.5 Å². The Morgan fingerprint density at radius 3 is 2.20 bits per heavy atom. The first kappa shape index (κ1) is 24.9. The largest absolute Gasteiger partial charge is 0.323 e. The van der Waals surface area contributed by atoms with Crippen LogP contribution in [0.2, 0.25) is 5.02 Å². The summed E-state index contributed by atoms with van der Waals surface area (Å²) in [4.78, 5) is 15.1. The minimum atomic E-state index is -4.02. The number of halogens is 1. The van der Waals surface area contributed by atoms with E-state index >= 15 is 0 Å². The zero-order valence-electron chi connectivity index (χ0n) is 18.9. The van der Waals surface area contributed by atoms with Crippen LogP contribution in [0.5, 0.6) is 0 Å². The minimum absolute atomic E-state index is 0.0875. The Morgan fingerprint density at radius 1 is 0.886 bits per heavy atom. The smallest absolute Gasteiger partial charge is 0.264 e. The molecule has 0 radical (unpaired) electrons. The maximum atomic E-state index is 13.5. The van der Waals surface area contributed by atoms with Gasteiger partial charge in [-0.1, -0.05) is 78.0 Å². The van der Waals surface area contributed by atoms with E-state index in [9.17, 15) is 13.2 Å². The first-order valence-corrected chi connectivity index (χ1v) is 13.4. The molecule has 5 nitrogen and oxygen atoms in total. The molecule has 0 fully saturated rings. The van der Waals surface area contributed by atoms with Crippen LogP contribution in [0, 0.1) is 6.92 Å². The van der Waals surface area contributed by atoms with Crippen molar-refractivity contribution in [3.05, 3.63) is 114 Å². The van der Waals surface area contributed by atoms with Gasteiger partial charge >= 0.3 is 0 Å². The van der Waals surface area contributed by atoms with Gasteiger partial charge in [0.15, 0.2) is 0 Å². The molecule has 0 saturated carbocycles. The van der Waals surface area contributed by atoms with Gasteiger partial charge in [-0.15, -0.1) is 0 Å². The van der Waals surface area contributed by atoms with E-state index in [0.717, 1.165) is 19.7 Å². The first-order valence-electron chi connectivity index (χ1n) is 10.8. The third-order valence-corrected chi connectivity index (χ3v) is 8.47. The van der Waals surface area contributed by atoms with Gasteiger partial charge in [0.2, 0.25) is 5.91 Å². The summed E-state index contributed by atoms with van der Waals surface area (Å²) in [6.45, 7) is 1.41. The Hall–Kier alpha value is -3.26. The Balaban J connectivity index is 1.63. The van der Waals surface area contributed by atoms with Gasteiger partial charge in [0.05, 0.1) is 16.3 Å². The van der Waals surface area contributed by atoms with Crippen molar-refractivity contribution in [1.29, 1.82) is 0 Å². The van der Waals surface area contributed by atoms with Gasteiger partial charge in [-0.2, -0.15) is 0 Å². The second-order valence-corrected chi connectivity index (χ2v) is 11.1. The molecule has 1 N–H and O–H groups in total. The Bertz CT molecular complexity index is 1430. The Kier molecular flexibility index (Phi) is 7.80. The highest BCUT2D eigenvalue weighted by Crippen LogP contribution is 2.33. The zero-order chi connectivity index (χ0) is 24.8. The van der Waals surface area contributed by atoms with Crippen LogP contribution in [0.15, 0.2) is 118 Å². The van der Waals surface area contributed by atoms with E-state index < -0.39 is 22.5 Å². The quantitative estimate of drug-likeness (QED) is 0.282. The molecule has 0 atom stereocenters. The third-order valence-electron chi connectivity index (χ3n) is 5.19. The second kappa shape index (κ2) is 11.0. The average molecular weight is 523 g/mol. The molecule has 0 spiro atoms. The average Bonchev–Trinajstić information content (AvgIpc) is 2.86. The number of hydrogen-bond donors (Lipinski definition) is 1. The second-order valence-electron chi connectivity index (χ2n) is 7.72. The van der Waals surface area contributed by atoms with Gasteiger partial charge < -0.3 is 5.32 Å². The lowest BCUT2D eigenvalue weighted by atomic mass is 10.2. The van der Waals surface area contributed by atoms with Crippen LogP contribution in [-0.2, 0) is 14.8 Å². The standard InChI is InChI=1S/C27H23ClN2O3S2/c1-20-16-17-21(18-24(20)28)30(35(32,33)23-12-6-3-7-13-23)19-27(31)29-25-14-8-9-15-26(25)34-22-10-4-2-5-11-22/h2-18H,19H2,1H3,(H,29,31). The SMILES string of the molecule is Cc1ccc(N(CC(=O)Nc2ccccc2Sc2ccccc2)S(=O)(=O)c2ccccc2)cc1Cl. The van der Waals surface area contributed by atoms with Gasteiger partial charge in [-0.25, -0.2) is 8.42 Å². The van der Waals surface area contributed by atoms with Crippen LogP contribution < -0.4 is 9.62 Å². The lowest BCUT2D eigenvalue weighted by molar-refractivity contribution is -0.114. The number of hydrogen-bond acceptors (Lipinski definition) is 4. The van der Waals surface area contributed by atoms with Crippen molar-refractivity contribution < 1.29 is 13.2 Å². The number of para-hydroxylation sites is 1. The molecular formula is C27H23ClN2O3S2. The van der Waals surface area contributed by atoms with E-state index in [2.05, 4.69) is 5.32 Å². The molecule has 35 heavy (non-hydrogen) atoms. The number of anilines is 2. The summed E-state index contributed by atoms with van der Waals surface area (Å²) >= 11 is 7.81. The lowest BCUT2D eigenvalue weighted by Crippen LogP contribution is -2.38. The first-order chi connectivity index (χ1) is 16.8. The van der Waals surface area contributed by atoms with Crippen LogP contribution in [-0.4, -0.2) is 20.9 Å². The van der Waals surface area contributed by atoms with Crippen molar-refractivity contribution in [2.75, 3.05) is 16.2 Å². The number of carbonyl (C=O) groups excluding carboxylic acids is 1. The van der Waals surface area contributed by atoms with Crippen molar-refractivity contribution in [1.82, 2.24) is 0 Å². The summed E-state index contributed by atoms with van der Waals surface area (Å²) < 4.78 is 28.1. The molecule has 0 saturated heterocycles. The monoisotopic (exact) mass is 522 g/mol. The predicted octanol–water partition coefficient (Wildman–Crippen LogP) is 6.63. The molecule has 0 aliphatic rings. The molecule has 4 rings (SSSR count). The van der Waals surface area contributed by atoms with Crippen molar-refractivity contribution >= 4 is 50.7 Å². The van der Waals surface area contributed by atoms with E-state index in [1.165, 1.54) is 23.9 Å². The molecule has 8 heteroatoms. The number of amides is 1. The number of rotatable bonds is 8. The molecule has 4 aromatic rings. The Morgan fingerprint density at radius 2 is 1.51 bits per heavy atom. The van der Waals surface area contributed by atoms with Crippen LogP contribution >= 0.6 is 23.4 Å². The third kappa shape index (κ3) is 6.06. The predicted molar refractivity (Wildman–Crippen MR) is 143 cm³/mol. The molecule has 0 unspecified atom stereocenters. The van der Waals surface area contributed by atoms with E-state index in [4.69, 9.17) is 11.6 Å². The van der Waals surface area contributed by atoms with Crippen molar-refractivity contribution in [2.45, 2.75) is 21.6 Å². The van der Waals surface area contributed by atoms with Crippen LogP contribution in [0.3, 0.4) is 0 Å². The van der Waals surface area contributed by atoms with Gasteiger partial charge in [0.1, 0.15) is 6.54 Å². The fraction of sp³-hybridized carbons (Fsp3) is 0.0741. The summed E-state index contributed by atoms with van der Waals surface area (Å²) in [6.07, 6.45) is 0. The number of sulfonamides is 1.